The number of piperazine rings is 1. The van der Waals surface area contributed by atoms with Crippen LogP contribution in [0, 0.1) is 0 Å². The second kappa shape index (κ2) is 7.07. The Labute approximate surface area is 116 Å². The van der Waals surface area contributed by atoms with Crippen LogP contribution in [0.15, 0.2) is 24.3 Å². The summed E-state index contributed by atoms with van der Waals surface area (Å²) in [5.41, 5.74) is 0.0693. The molecule has 0 radical (unpaired) electrons. The van der Waals surface area contributed by atoms with Gasteiger partial charge in [0.1, 0.15) is 0 Å². The van der Waals surface area contributed by atoms with Gasteiger partial charge in [-0.05, 0) is 18.2 Å². The van der Waals surface area contributed by atoms with E-state index in [1.165, 1.54) is 12.1 Å². The first kappa shape index (κ1) is 17.4. The summed E-state index contributed by atoms with van der Waals surface area (Å²) in [6.07, 6.45) is -4.26. The summed E-state index contributed by atoms with van der Waals surface area (Å²) < 4.78 is 37.5. The van der Waals surface area contributed by atoms with E-state index in [0.29, 0.717) is 5.69 Å². The average molecular weight is 303 g/mol. The molecule has 0 unspecified atom stereocenters. The summed E-state index contributed by atoms with van der Waals surface area (Å²) in [7, 11) is 0. The molecule has 2 rings (SSSR count). The van der Waals surface area contributed by atoms with E-state index in [-0.39, 0.29) is 24.8 Å². The Morgan fingerprint density at radius 3 is 2.22 bits per heavy atom. The van der Waals surface area contributed by atoms with Crippen molar-refractivity contribution in [2.45, 2.75) is 6.18 Å². The predicted molar refractivity (Wildman–Crippen MR) is 71.0 cm³/mol. The van der Waals surface area contributed by atoms with Crippen LogP contribution in [0.4, 0.5) is 18.9 Å². The molecule has 0 amide bonds. The van der Waals surface area contributed by atoms with Crippen LogP contribution in [0.5, 0.6) is 0 Å². The lowest BCUT2D eigenvalue weighted by Gasteiger charge is -2.29. The molecular weight excluding hydrogens is 288 g/mol. The van der Waals surface area contributed by atoms with Crippen LogP contribution < -0.4 is 10.2 Å². The van der Waals surface area contributed by atoms with Crippen LogP contribution in [-0.4, -0.2) is 26.2 Å². The Kier molecular flexibility index (Phi) is 6.81. The quantitative estimate of drug-likeness (QED) is 0.858. The van der Waals surface area contributed by atoms with E-state index in [4.69, 9.17) is 0 Å². The number of nitrogens with one attached hydrogen (secondary N) is 1. The van der Waals surface area contributed by atoms with E-state index in [1.54, 1.807) is 6.07 Å². The van der Waals surface area contributed by atoms with Gasteiger partial charge in [-0.1, -0.05) is 6.07 Å². The molecule has 2 nitrogen and oxygen atoms in total. The van der Waals surface area contributed by atoms with Crippen LogP contribution in [0.1, 0.15) is 5.56 Å². The molecule has 0 aromatic heterocycles. The van der Waals surface area contributed by atoms with Gasteiger partial charge in [0, 0.05) is 31.9 Å². The molecule has 0 bridgehead atoms. The fraction of sp³-hybridized carbons (Fsp3) is 0.455. The van der Waals surface area contributed by atoms with Gasteiger partial charge in [-0.2, -0.15) is 13.2 Å². The molecule has 1 aromatic rings. The highest BCUT2D eigenvalue weighted by Gasteiger charge is 2.30. The zero-order valence-electron chi connectivity index (χ0n) is 9.54. The van der Waals surface area contributed by atoms with Gasteiger partial charge < -0.3 is 10.2 Å². The highest BCUT2D eigenvalue weighted by molar-refractivity contribution is 5.85. The molecule has 1 aliphatic rings. The topological polar surface area (TPSA) is 15.3 Å². The predicted octanol–water partition coefficient (Wildman–Crippen LogP) is 2.96. The van der Waals surface area contributed by atoms with Crippen molar-refractivity contribution in [2.24, 2.45) is 0 Å². The lowest BCUT2D eigenvalue weighted by atomic mass is 10.1. The van der Waals surface area contributed by atoms with Crippen molar-refractivity contribution >= 4 is 30.5 Å². The maximum atomic E-state index is 12.5. The third kappa shape index (κ3) is 4.23. The minimum absolute atomic E-state index is 0. The minimum Gasteiger partial charge on any atom is -0.369 e. The average Bonchev–Trinajstić information content (AvgIpc) is 2.29. The van der Waals surface area contributed by atoms with Gasteiger partial charge in [-0.3, -0.25) is 0 Å². The second-order valence-corrected chi connectivity index (χ2v) is 3.79. The van der Waals surface area contributed by atoms with Gasteiger partial charge in [0.25, 0.3) is 0 Å². The van der Waals surface area contributed by atoms with E-state index < -0.39 is 11.7 Å². The van der Waals surface area contributed by atoms with Gasteiger partial charge in [-0.15, -0.1) is 24.8 Å². The number of alkyl halides is 3. The molecule has 1 heterocycles. The van der Waals surface area contributed by atoms with Gasteiger partial charge in [-0.25, -0.2) is 0 Å². The summed E-state index contributed by atoms with van der Waals surface area (Å²) >= 11 is 0. The molecule has 1 fully saturated rings. The summed E-state index contributed by atoms with van der Waals surface area (Å²) in [5.74, 6) is 0. The van der Waals surface area contributed by atoms with Gasteiger partial charge in [0.15, 0.2) is 0 Å². The highest BCUT2D eigenvalue weighted by Crippen LogP contribution is 2.31. The van der Waals surface area contributed by atoms with Crippen molar-refractivity contribution in [3.8, 4) is 0 Å². The van der Waals surface area contributed by atoms with Gasteiger partial charge in [0.05, 0.1) is 5.56 Å². The lowest BCUT2D eigenvalue weighted by molar-refractivity contribution is -0.137. The molecule has 1 aliphatic heterocycles. The zero-order chi connectivity index (χ0) is 11.6. The number of benzene rings is 1. The van der Waals surface area contributed by atoms with E-state index >= 15 is 0 Å². The number of hydrogen-bond donors (Lipinski definition) is 1. The highest BCUT2D eigenvalue weighted by atomic mass is 35.5. The fourth-order valence-electron chi connectivity index (χ4n) is 1.80. The first-order valence-corrected chi connectivity index (χ1v) is 5.20. The van der Waals surface area contributed by atoms with Gasteiger partial charge >= 0.3 is 6.18 Å². The van der Waals surface area contributed by atoms with Crippen LogP contribution >= 0.6 is 24.8 Å². The number of nitrogens with zero attached hydrogens (tertiary/aromatic N) is 1. The molecule has 18 heavy (non-hydrogen) atoms. The second-order valence-electron chi connectivity index (χ2n) is 3.79. The largest absolute Gasteiger partial charge is 0.416 e. The Morgan fingerprint density at radius 2 is 1.67 bits per heavy atom. The van der Waals surface area contributed by atoms with Crippen molar-refractivity contribution in [3.63, 3.8) is 0 Å². The smallest absolute Gasteiger partial charge is 0.369 e. The molecule has 1 saturated heterocycles. The molecule has 7 heteroatoms. The molecule has 0 saturated carbocycles. The summed E-state index contributed by atoms with van der Waals surface area (Å²) in [4.78, 5) is 1.96. The van der Waals surface area contributed by atoms with E-state index in [9.17, 15) is 13.2 Å². The number of rotatable bonds is 1. The van der Waals surface area contributed by atoms with Crippen LogP contribution in [0.2, 0.25) is 0 Å². The Balaban J connectivity index is 0.00000144. The van der Waals surface area contributed by atoms with Crippen molar-refractivity contribution in [1.29, 1.82) is 0 Å². The fourth-order valence-corrected chi connectivity index (χ4v) is 1.80. The molecule has 0 aliphatic carbocycles. The number of anilines is 1. The van der Waals surface area contributed by atoms with E-state index in [2.05, 4.69) is 5.32 Å². The van der Waals surface area contributed by atoms with Crippen molar-refractivity contribution < 1.29 is 13.2 Å². The van der Waals surface area contributed by atoms with Crippen molar-refractivity contribution in [2.75, 3.05) is 31.1 Å². The third-order valence-corrected chi connectivity index (χ3v) is 2.66. The molecule has 1 N–H and O–H groups in total. The lowest BCUT2D eigenvalue weighted by Crippen LogP contribution is -2.43. The normalized spacial score (nSPS) is 15.6. The first-order valence-electron chi connectivity index (χ1n) is 5.20. The van der Waals surface area contributed by atoms with E-state index in [1.807, 2.05) is 4.90 Å². The SMILES string of the molecule is Cl.Cl.FC(F)(F)c1cccc(N2CCNCC2)c1. The third-order valence-electron chi connectivity index (χ3n) is 2.66. The number of halogens is 5. The minimum atomic E-state index is -4.26. The first-order chi connectivity index (χ1) is 7.57. The maximum Gasteiger partial charge on any atom is 0.416 e. The van der Waals surface area contributed by atoms with Crippen LogP contribution in [-0.2, 0) is 6.18 Å². The molecular formula is C11H15Cl2F3N2. The van der Waals surface area contributed by atoms with Crippen molar-refractivity contribution in [1.82, 2.24) is 5.32 Å². The van der Waals surface area contributed by atoms with Crippen molar-refractivity contribution in [3.05, 3.63) is 29.8 Å². The standard InChI is InChI=1S/C11H13F3N2.2ClH/c12-11(13,14)9-2-1-3-10(8-9)16-6-4-15-5-7-16;;/h1-3,8,15H,4-7H2;2*1H. The maximum absolute atomic E-state index is 12.5. The summed E-state index contributed by atoms with van der Waals surface area (Å²) in [6.45, 7) is 3.13. The molecule has 1 aromatic carbocycles. The molecule has 0 atom stereocenters. The van der Waals surface area contributed by atoms with Crippen LogP contribution in [0.25, 0.3) is 0 Å². The Bertz CT molecular complexity index is 366. The monoisotopic (exact) mass is 302 g/mol. The zero-order valence-corrected chi connectivity index (χ0v) is 11.2. The molecule has 104 valence electrons. The summed E-state index contributed by atoms with van der Waals surface area (Å²) in [5, 5.41) is 3.17. The summed E-state index contributed by atoms with van der Waals surface area (Å²) in [6, 6.07) is 5.50. The molecule has 0 spiro atoms. The Morgan fingerprint density at radius 1 is 1.06 bits per heavy atom. The number of hydrogen-bond acceptors (Lipinski definition) is 2. The Hall–Kier alpha value is -0.650. The van der Waals surface area contributed by atoms with Crippen LogP contribution in [0.3, 0.4) is 0 Å². The van der Waals surface area contributed by atoms with Gasteiger partial charge in [0.2, 0.25) is 0 Å². The van der Waals surface area contributed by atoms with E-state index in [0.717, 1.165) is 32.2 Å².